The van der Waals surface area contributed by atoms with Crippen molar-refractivity contribution in [3.8, 4) is 16.5 Å². The van der Waals surface area contributed by atoms with Crippen LogP contribution in [0.2, 0.25) is 0 Å². The number of thiophene rings is 1. The van der Waals surface area contributed by atoms with Gasteiger partial charge in [-0.2, -0.15) is 9.61 Å². The molecule has 1 saturated carbocycles. The highest BCUT2D eigenvalue weighted by atomic mass is 32.1. The first-order valence-electron chi connectivity index (χ1n) is 11.0. The van der Waals surface area contributed by atoms with Crippen LogP contribution in [0.1, 0.15) is 28.2 Å². The number of carbonyl (C=O) groups is 1. The zero-order valence-corrected chi connectivity index (χ0v) is 18.8. The smallest absolute Gasteiger partial charge is 0.326 e. The number of aromatic nitrogens is 5. The van der Waals surface area contributed by atoms with Crippen LogP contribution in [0.25, 0.3) is 22.3 Å². The molecule has 11 nitrogen and oxygen atoms in total. The summed E-state index contributed by atoms with van der Waals surface area (Å²) in [5.74, 6) is -0.262. The van der Waals surface area contributed by atoms with Gasteiger partial charge in [0.15, 0.2) is 11.1 Å². The molecule has 12 heteroatoms. The van der Waals surface area contributed by atoms with Crippen molar-refractivity contribution in [1.82, 2.24) is 29.5 Å². The number of aromatic amines is 2. The van der Waals surface area contributed by atoms with E-state index in [0.29, 0.717) is 53.2 Å². The molecule has 1 aliphatic heterocycles. The summed E-state index contributed by atoms with van der Waals surface area (Å²) in [4.78, 5) is 42.1. The van der Waals surface area contributed by atoms with Crippen molar-refractivity contribution in [2.24, 2.45) is 4.99 Å². The molecule has 1 saturated heterocycles. The highest BCUT2D eigenvalue weighted by Gasteiger charge is 2.22. The predicted molar refractivity (Wildman–Crippen MR) is 123 cm³/mol. The largest absolute Gasteiger partial charge is 0.493 e. The fourth-order valence-electron chi connectivity index (χ4n) is 3.84. The van der Waals surface area contributed by atoms with Crippen molar-refractivity contribution >= 4 is 29.0 Å². The van der Waals surface area contributed by atoms with Gasteiger partial charge in [-0.25, -0.2) is 9.78 Å². The predicted octanol–water partition coefficient (Wildman–Crippen LogP) is 0.263. The Balaban J connectivity index is 1.45. The summed E-state index contributed by atoms with van der Waals surface area (Å²) >= 11 is 1.39. The minimum atomic E-state index is -0.505. The monoisotopic (exact) mass is 479 g/mol. The number of rotatable bonds is 4. The van der Waals surface area contributed by atoms with Crippen LogP contribution in [-0.2, 0) is 4.74 Å². The van der Waals surface area contributed by atoms with Crippen LogP contribution in [0.4, 0.5) is 0 Å². The number of nitrogens with zero attached hydrogens (tertiary/aromatic N) is 5. The van der Waals surface area contributed by atoms with Gasteiger partial charge in [-0.1, -0.05) is 0 Å². The number of fused-ring (bicyclic) bond motifs is 1. The molecular weight excluding hydrogens is 458 g/mol. The molecule has 6 rings (SSSR count). The molecular formula is C22H21N7O4S. The van der Waals surface area contributed by atoms with Crippen molar-refractivity contribution in [2.75, 3.05) is 26.3 Å². The van der Waals surface area contributed by atoms with E-state index in [4.69, 9.17) is 14.7 Å². The Morgan fingerprint density at radius 2 is 2.09 bits per heavy atom. The average molecular weight is 480 g/mol. The van der Waals surface area contributed by atoms with E-state index in [9.17, 15) is 14.7 Å². The number of ether oxygens (including phenoxy) is 1. The lowest BCUT2D eigenvalue weighted by Gasteiger charge is -2.26. The van der Waals surface area contributed by atoms with Crippen LogP contribution in [0.15, 0.2) is 34.2 Å². The Morgan fingerprint density at radius 1 is 1.26 bits per heavy atom. The Kier molecular flexibility index (Phi) is 5.03. The summed E-state index contributed by atoms with van der Waals surface area (Å²) in [7, 11) is 0. The summed E-state index contributed by atoms with van der Waals surface area (Å²) < 4.78 is 7.00. The first-order valence-corrected chi connectivity index (χ1v) is 11.8. The number of carbonyl (C=O) groups excluding carboxylic acids is 1. The van der Waals surface area contributed by atoms with E-state index in [1.165, 1.54) is 11.3 Å². The van der Waals surface area contributed by atoms with Crippen LogP contribution in [0.5, 0.6) is 5.88 Å². The van der Waals surface area contributed by atoms with Gasteiger partial charge in [-0.15, -0.1) is 11.3 Å². The molecule has 34 heavy (non-hydrogen) atoms. The summed E-state index contributed by atoms with van der Waals surface area (Å²) in [5.41, 5.74) is 1.62. The van der Waals surface area contributed by atoms with Gasteiger partial charge in [0.05, 0.1) is 40.9 Å². The molecule has 174 valence electrons. The second kappa shape index (κ2) is 8.22. The standard InChI is InChI=1S/C22H21N7O4S/c30-20-15(26-22(32)27-20)9-12-11-23-29-18(24-13-1-2-13)10-14(25-19(12)29)16-3-4-17(34-16)21(31)28-5-7-33-8-6-28/h3-4,9-11,13,30H,1-2,5-8H2,(H2,26,27,32)/b12-9+,24-18?. The van der Waals surface area contributed by atoms with Crippen LogP contribution < -0.4 is 16.4 Å². The number of nitrogens with one attached hydrogen (secondary N) is 2. The zero-order valence-electron chi connectivity index (χ0n) is 18.0. The molecule has 0 bridgehead atoms. The Labute approximate surface area is 196 Å². The number of aromatic hydroxyl groups is 1. The SMILES string of the molecule is O=C(c1ccc(-c2cc(=NC3CC3)n3nc/c(=C\c4[nH]c(=O)[nH]c4O)c3n2)s1)N1CCOCC1. The highest BCUT2D eigenvalue weighted by Crippen LogP contribution is 2.28. The maximum Gasteiger partial charge on any atom is 0.326 e. The van der Waals surface area contributed by atoms with Gasteiger partial charge >= 0.3 is 5.69 Å². The summed E-state index contributed by atoms with van der Waals surface area (Å²) in [6.45, 7) is 2.28. The van der Waals surface area contributed by atoms with Crippen LogP contribution in [-0.4, -0.2) is 72.8 Å². The average Bonchev–Trinajstić information content (AvgIpc) is 3.22. The van der Waals surface area contributed by atoms with Crippen LogP contribution in [0.3, 0.4) is 0 Å². The Bertz CT molecular complexity index is 1570. The molecule has 1 aliphatic carbocycles. The van der Waals surface area contributed by atoms with Gasteiger partial charge in [0.2, 0.25) is 5.88 Å². The number of amides is 1. The second-order valence-electron chi connectivity index (χ2n) is 8.25. The zero-order chi connectivity index (χ0) is 23.2. The molecule has 2 fully saturated rings. The lowest BCUT2D eigenvalue weighted by atomic mass is 10.3. The molecule has 2 aliphatic rings. The van der Waals surface area contributed by atoms with E-state index in [2.05, 4.69) is 15.1 Å². The second-order valence-corrected chi connectivity index (χ2v) is 9.33. The maximum atomic E-state index is 12.9. The fraction of sp³-hybridized carbons (Fsp3) is 0.318. The van der Waals surface area contributed by atoms with Crippen molar-refractivity contribution in [1.29, 1.82) is 0 Å². The van der Waals surface area contributed by atoms with E-state index in [1.54, 1.807) is 21.7 Å². The molecule has 0 unspecified atom stereocenters. The van der Waals surface area contributed by atoms with Crippen molar-refractivity contribution in [2.45, 2.75) is 18.9 Å². The molecule has 3 N–H and O–H groups in total. The first kappa shape index (κ1) is 20.8. The molecule has 4 aromatic heterocycles. The number of hydrogen-bond acceptors (Lipinski definition) is 8. The lowest BCUT2D eigenvalue weighted by molar-refractivity contribution is 0.0306. The summed E-state index contributed by atoms with van der Waals surface area (Å²) in [6.07, 6.45) is 5.30. The van der Waals surface area contributed by atoms with Gasteiger partial charge in [0.1, 0.15) is 5.69 Å². The molecule has 4 aromatic rings. The Hall–Kier alpha value is -3.77. The lowest BCUT2D eigenvalue weighted by Crippen LogP contribution is -2.40. The van der Waals surface area contributed by atoms with E-state index in [-0.39, 0.29) is 23.5 Å². The van der Waals surface area contributed by atoms with Crippen molar-refractivity contribution in [3.63, 3.8) is 0 Å². The minimum Gasteiger partial charge on any atom is -0.493 e. The molecule has 1 amide bonds. The normalized spacial score (nSPS) is 17.7. The molecule has 0 radical (unpaired) electrons. The van der Waals surface area contributed by atoms with E-state index in [0.717, 1.165) is 17.7 Å². The number of H-pyrrole nitrogens is 2. The topological polar surface area (TPSA) is 141 Å². The van der Waals surface area contributed by atoms with E-state index < -0.39 is 5.69 Å². The van der Waals surface area contributed by atoms with Gasteiger partial charge in [0.25, 0.3) is 5.91 Å². The quantitative estimate of drug-likeness (QED) is 0.384. The third-order valence-electron chi connectivity index (χ3n) is 5.74. The van der Waals surface area contributed by atoms with Gasteiger partial charge in [-0.3, -0.25) is 14.8 Å². The summed E-state index contributed by atoms with van der Waals surface area (Å²) in [6, 6.07) is 5.87. The van der Waals surface area contributed by atoms with Crippen molar-refractivity contribution < 1.29 is 14.6 Å². The van der Waals surface area contributed by atoms with E-state index >= 15 is 0 Å². The highest BCUT2D eigenvalue weighted by molar-refractivity contribution is 7.17. The molecule has 0 atom stereocenters. The summed E-state index contributed by atoms with van der Waals surface area (Å²) in [5, 5.41) is 15.0. The number of morpholine rings is 1. The maximum absolute atomic E-state index is 12.9. The van der Waals surface area contributed by atoms with E-state index in [1.807, 2.05) is 18.2 Å². The van der Waals surface area contributed by atoms with Crippen LogP contribution in [0, 0.1) is 0 Å². The van der Waals surface area contributed by atoms with Gasteiger partial charge in [0, 0.05) is 24.4 Å². The number of hydrogen-bond donors (Lipinski definition) is 3. The Morgan fingerprint density at radius 3 is 2.82 bits per heavy atom. The van der Waals surface area contributed by atoms with Crippen LogP contribution >= 0.6 is 11.3 Å². The molecule has 0 aromatic carbocycles. The fourth-order valence-corrected chi connectivity index (χ4v) is 4.77. The number of imidazole rings is 1. The molecule has 0 spiro atoms. The third-order valence-corrected chi connectivity index (χ3v) is 6.84. The van der Waals surface area contributed by atoms with Gasteiger partial charge < -0.3 is 19.7 Å². The first-order chi connectivity index (χ1) is 16.5. The van der Waals surface area contributed by atoms with Crippen molar-refractivity contribution in [3.05, 3.63) is 56.2 Å². The van der Waals surface area contributed by atoms with Gasteiger partial charge in [-0.05, 0) is 31.1 Å². The third kappa shape index (κ3) is 3.90. The minimum absolute atomic E-state index is 0.00576. The molecule has 5 heterocycles.